The van der Waals surface area contributed by atoms with E-state index in [0.717, 1.165) is 16.5 Å². The van der Waals surface area contributed by atoms with Crippen LogP contribution in [0.3, 0.4) is 0 Å². The molecule has 0 bridgehead atoms. The Kier molecular flexibility index (Phi) is 11.6. The number of carboxylic acids is 1. The van der Waals surface area contributed by atoms with Crippen molar-refractivity contribution in [1.29, 1.82) is 0 Å². The van der Waals surface area contributed by atoms with Crippen molar-refractivity contribution in [3.63, 3.8) is 0 Å². The average Bonchev–Trinajstić information content (AvgIpc) is 3.27. The first kappa shape index (κ1) is 30.6. The molecule has 0 spiro atoms. The van der Waals surface area contributed by atoms with Gasteiger partial charge in [-0.05, 0) is 30.4 Å². The van der Waals surface area contributed by atoms with Crippen LogP contribution in [0.1, 0.15) is 38.7 Å². The highest BCUT2D eigenvalue weighted by atomic mass is 32.1. The Morgan fingerprint density at radius 3 is 2.18 bits per heavy atom. The molecule has 4 amide bonds. The summed E-state index contributed by atoms with van der Waals surface area (Å²) in [6, 6.07) is 2.93. The number of hydrogen-bond donors (Lipinski definition) is 8. The number of carboxylic acid groups (broad SMARTS) is 1. The lowest BCUT2D eigenvalue weighted by atomic mass is 10.0. The number of hydrogen-bond acceptors (Lipinski definition) is 7. The third kappa shape index (κ3) is 9.06. The van der Waals surface area contributed by atoms with Gasteiger partial charge in [-0.3, -0.25) is 19.2 Å². The highest BCUT2D eigenvalue weighted by molar-refractivity contribution is 7.80. The molecular formula is C25H36N6O6S. The van der Waals surface area contributed by atoms with Gasteiger partial charge < -0.3 is 37.5 Å². The normalized spacial score (nSPS) is 14.3. The predicted molar refractivity (Wildman–Crippen MR) is 145 cm³/mol. The zero-order chi connectivity index (χ0) is 28.4. The fourth-order valence-electron chi connectivity index (χ4n) is 3.87. The number of carbonyl (C=O) groups is 5. The summed E-state index contributed by atoms with van der Waals surface area (Å²) in [5.41, 5.74) is 12.4. The number of amides is 4. The molecule has 4 unspecified atom stereocenters. The van der Waals surface area contributed by atoms with E-state index in [9.17, 15) is 29.1 Å². The molecule has 0 saturated heterocycles. The second kappa shape index (κ2) is 14.4. The number of thiol groups is 1. The number of carbonyl (C=O) groups excluding carboxylic acids is 4. The fourth-order valence-corrected chi connectivity index (χ4v) is 4.13. The molecule has 9 N–H and O–H groups in total. The summed E-state index contributed by atoms with van der Waals surface area (Å²) in [6.45, 7) is 3.70. The quantitative estimate of drug-likeness (QED) is 0.141. The van der Waals surface area contributed by atoms with Gasteiger partial charge in [0.15, 0.2) is 0 Å². The summed E-state index contributed by atoms with van der Waals surface area (Å²) >= 11 is 4.12. The molecule has 38 heavy (non-hydrogen) atoms. The summed E-state index contributed by atoms with van der Waals surface area (Å²) in [5.74, 6) is -3.95. The van der Waals surface area contributed by atoms with Crippen molar-refractivity contribution in [1.82, 2.24) is 20.9 Å². The van der Waals surface area contributed by atoms with E-state index in [1.165, 1.54) is 0 Å². The number of fused-ring (bicyclic) bond motifs is 1. The maximum Gasteiger partial charge on any atom is 0.326 e. The molecule has 0 aliphatic heterocycles. The lowest BCUT2D eigenvalue weighted by Gasteiger charge is -2.25. The molecule has 4 atom stereocenters. The molecule has 0 aliphatic rings. The molecule has 0 radical (unpaired) electrons. The van der Waals surface area contributed by atoms with Crippen LogP contribution >= 0.6 is 12.6 Å². The van der Waals surface area contributed by atoms with E-state index < -0.39 is 53.8 Å². The molecule has 1 heterocycles. The second-order valence-corrected chi connectivity index (χ2v) is 9.87. The van der Waals surface area contributed by atoms with Crippen molar-refractivity contribution in [2.24, 2.45) is 17.4 Å². The van der Waals surface area contributed by atoms with Crippen LogP contribution in [-0.2, 0) is 30.4 Å². The number of nitrogens with two attached hydrogens (primary N) is 2. The van der Waals surface area contributed by atoms with Gasteiger partial charge in [-0.15, -0.1) is 0 Å². The van der Waals surface area contributed by atoms with E-state index in [0.29, 0.717) is 0 Å². The zero-order valence-corrected chi connectivity index (χ0v) is 22.3. The first-order valence-corrected chi connectivity index (χ1v) is 12.9. The molecule has 2 rings (SSSR count). The Labute approximate surface area is 226 Å². The first-order chi connectivity index (χ1) is 17.9. The topological polar surface area (TPSA) is 209 Å². The Morgan fingerprint density at radius 2 is 1.58 bits per heavy atom. The predicted octanol–water partition coefficient (Wildman–Crippen LogP) is -0.182. The van der Waals surface area contributed by atoms with Crippen molar-refractivity contribution < 1.29 is 29.1 Å². The Balaban J connectivity index is 2.10. The van der Waals surface area contributed by atoms with E-state index in [1.807, 2.05) is 38.1 Å². The number of aromatic amines is 1. The highest BCUT2D eigenvalue weighted by Gasteiger charge is 2.30. The Bertz CT molecular complexity index is 1150. The number of rotatable bonds is 15. The summed E-state index contributed by atoms with van der Waals surface area (Å²) in [5, 5.41) is 18.2. The van der Waals surface area contributed by atoms with Gasteiger partial charge in [0.05, 0.1) is 6.04 Å². The van der Waals surface area contributed by atoms with Gasteiger partial charge in [-0.1, -0.05) is 32.0 Å². The van der Waals surface area contributed by atoms with Gasteiger partial charge in [0.2, 0.25) is 23.6 Å². The lowest BCUT2D eigenvalue weighted by molar-refractivity contribution is -0.142. The van der Waals surface area contributed by atoms with Crippen LogP contribution in [0.2, 0.25) is 0 Å². The van der Waals surface area contributed by atoms with E-state index in [1.54, 1.807) is 6.20 Å². The third-order valence-electron chi connectivity index (χ3n) is 5.91. The van der Waals surface area contributed by atoms with Crippen LogP contribution < -0.4 is 27.4 Å². The van der Waals surface area contributed by atoms with Crippen LogP contribution in [0, 0.1) is 5.92 Å². The van der Waals surface area contributed by atoms with E-state index in [-0.39, 0.29) is 37.4 Å². The summed E-state index contributed by atoms with van der Waals surface area (Å²) in [6.07, 6.45) is 1.88. The maximum absolute atomic E-state index is 13.1. The van der Waals surface area contributed by atoms with Gasteiger partial charge in [-0.2, -0.15) is 12.6 Å². The SMILES string of the molecule is CC(C)CC(NC(=O)C(CS)NC(=O)C(N)CCC(N)=O)C(=O)NC(Cc1c[nH]c2ccccc12)C(=O)O. The van der Waals surface area contributed by atoms with Gasteiger partial charge in [0.25, 0.3) is 0 Å². The zero-order valence-electron chi connectivity index (χ0n) is 21.4. The highest BCUT2D eigenvalue weighted by Crippen LogP contribution is 2.19. The Morgan fingerprint density at radius 1 is 0.974 bits per heavy atom. The standard InChI is InChI=1S/C25H36N6O6S/c1-13(2)9-18(29-24(35)20(12-38)31-22(33)16(26)7-8-21(27)32)23(34)30-19(25(36)37)10-14-11-28-17-6-4-3-5-15(14)17/h3-6,11,13,16,18-20,28,38H,7-10,12,26H2,1-2H3,(H2,27,32)(H,29,35)(H,30,34)(H,31,33)(H,36,37). The van der Waals surface area contributed by atoms with Crippen LogP contribution in [0.15, 0.2) is 30.5 Å². The Hall–Kier alpha value is -3.58. The number of para-hydroxylation sites is 1. The number of H-pyrrole nitrogens is 1. The fraction of sp³-hybridized carbons (Fsp3) is 0.480. The van der Waals surface area contributed by atoms with E-state index >= 15 is 0 Å². The molecule has 208 valence electrons. The molecule has 2 aromatic rings. The van der Waals surface area contributed by atoms with Gasteiger partial charge in [-0.25, -0.2) is 4.79 Å². The van der Waals surface area contributed by atoms with Crippen molar-refractivity contribution in [2.75, 3.05) is 5.75 Å². The van der Waals surface area contributed by atoms with Gasteiger partial charge in [0, 0.05) is 35.7 Å². The van der Waals surface area contributed by atoms with Crippen LogP contribution in [0.25, 0.3) is 10.9 Å². The molecule has 13 heteroatoms. The monoisotopic (exact) mass is 548 g/mol. The second-order valence-electron chi connectivity index (χ2n) is 9.51. The minimum absolute atomic E-state index is 0.00740. The molecule has 1 aromatic carbocycles. The van der Waals surface area contributed by atoms with Crippen molar-refractivity contribution >= 4 is 53.1 Å². The van der Waals surface area contributed by atoms with Crippen molar-refractivity contribution in [3.8, 4) is 0 Å². The molecular weight excluding hydrogens is 512 g/mol. The maximum atomic E-state index is 13.1. The number of aromatic nitrogens is 1. The molecule has 12 nitrogen and oxygen atoms in total. The van der Waals surface area contributed by atoms with Crippen LogP contribution in [0.5, 0.6) is 0 Å². The average molecular weight is 549 g/mol. The largest absolute Gasteiger partial charge is 0.480 e. The molecule has 0 fully saturated rings. The van der Waals surface area contributed by atoms with E-state index in [4.69, 9.17) is 11.5 Å². The van der Waals surface area contributed by atoms with Crippen molar-refractivity contribution in [3.05, 3.63) is 36.0 Å². The molecule has 0 saturated carbocycles. The van der Waals surface area contributed by atoms with Crippen LogP contribution in [0.4, 0.5) is 0 Å². The number of benzene rings is 1. The third-order valence-corrected chi connectivity index (χ3v) is 6.27. The smallest absolute Gasteiger partial charge is 0.326 e. The lowest BCUT2D eigenvalue weighted by Crippen LogP contribution is -2.58. The minimum atomic E-state index is -1.24. The summed E-state index contributed by atoms with van der Waals surface area (Å²) < 4.78 is 0. The van der Waals surface area contributed by atoms with Gasteiger partial charge in [0.1, 0.15) is 18.1 Å². The van der Waals surface area contributed by atoms with Gasteiger partial charge >= 0.3 is 5.97 Å². The molecule has 0 aliphatic carbocycles. The summed E-state index contributed by atoms with van der Waals surface area (Å²) in [7, 11) is 0. The summed E-state index contributed by atoms with van der Waals surface area (Å²) in [4.78, 5) is 64.4. The minimum Gasteiger partial charge on any atom is -0.480 e. The van der Waals surface area contributed by atoms with E-state index in [2.05, 4.69) is 33.6 Å². The molecule has 1 aromatic heterocycles. The number of nitrogens with one attached hydrogen (secondary N) is 4. The van der Waals surface area contributed by atoms with Crippen molar-refractivity contribution in [2.45, 2.75) is 63.7 Å². The number of primary amides is 1. The number of aliphatic carboxylic acids is 1. The van der Waals surface area contributed by atoms with Crippen LogP contribution in [-0.4, -0.2) is 69.6 Å². The first-order valence-electron chi connectivity index (χ1n) is 12.3.